The Morgan fingerprint density at radius 1 is 1.20 bits per heavy atom. The maximum Gasteiger partial charge on any atom is 0.166 e. The highest BCUT2D eigenvalue weighted by atomic mass is 79.9. The Morgan fingerprint density at radius 2 is 2.00 bits per heavy atom. The van der Waals surface area contributed by atoms with Crippen LogP contribution in [0.2, 0.25) is 0 Å². The number of benzene rings is 1. The second kappa shape index (κ2) is 5.40. The summed E-state index contributed by atoms with van der Waals surface area (Å²) in [6.07, 6.45) is 4.81. The van der Waals surface area contributed by atoms with Crippen LogP contribution in [0.3, 0.4) is 0 Å². The predicted molar refractivity (Wildman–Crippen MR) is 77.0 cm³/mol. The van der Waals surface area contributed by atoms with Crippen molar-refractivity contribution in [2.24, 2.45) is 0 Å². The van der Waals surface area contributed by atoms with Crippen LogP contribution in [-0.2, 0) is 6.42 Å². The molecule has 0 N–H and O–H groups in total. The average Bonchev–Trinajstić information content (AvgIpc) is 2.63. The highest BCUT2D eigenvalue weighted by molar-refractivity contribution is 9.10. The molecule has 2 aromatic rings. The molecule has 0 aliphatic heterocycles. The summed E-state index contributed by atoms with van der Waals surface area (Å²) in [5.41, 5.74) is 2.17. The highest BCUT2D eigenvalue weighted by Gasteiger charge is 2.18. The van der Waals surface area contributed by atoms with Crippen molar-refractivity contribution < 1.29 is 9.18 Å². The number of aromatic nitrogens is 2. The van der Waals surface area contributed by atoms with E-state index < -0.39 is 0 Å². The van der Waals surface area contributed by atoms with Crippen molar-refractivity contribution in [3.63, 3.8) is 0 Å². The summed E-state index contributed by atoms with van der Waals surface area (Å²) in [4.78, 5) is 20.7. The third kappa shape index (κ3) is 2.50. The molecule has 0 radical (unpaired) electrons. The fraction of sp³-hybridized carbons (Fsp3) is 0.267. The topological polar surface area (TPSA) is 42.9 Å². The molecule has 0 fully saturated rings. The van der Waals surface area contributed by atoms with Gasteiger partial charge < -0.3 is 0 Å². The largest absolute Gasteiger partial charge is 0.294 e. The summed E-state index contributed by atoms with van der Waals surface area (Å²) in [6.45, 7) is 0. The summed E-state index contributed by atoms with van der Waals surface area (Å²) in [6, 6.07) is 4.66. The van der Waals surface area contributed by atoms with Crippen LogP contribution in [0, 0.1) is 5.82 Å². The molecule has 0 bridgehead atoms. The van der Waals surface area contributed by atoms with Gasteiger partial charge in [0.1, 0.15) is 5.82 Å². The Morgan fingerprint density at radius 3 is 2.80 bits per heavy atom. The first kappa shape index (κ1) is 13.4. The van der Waals surface area contributed by atoms with Gasteiger partial charge in [0.15, 0.2) is 11.6 Å². The normalized spacial score (nSPS) is 14.8. The molecule has 3 nitrogen and oxygen atoms in total. The average molecular weight is 335 g/mol. The van der Waals surface area contributed by atoms with E-state index in [1.54, 1.807) is 18.3 Å². The minimum atomic E-state index is -0.321. The predicted octanol–water partition coefficient (Wildman–Crippen LogP) is 3.95. The van der Waals surface area contributed by atoms with Crippen molar-refractivity contribution in [2.45, 2.75) is 25.7 Å². The third-order valence-corrected chi connectivity index (χ3v) is 4.02. The van der Waals surface area contributed by atoms with Gasteiger partial charge in [0.2, 0.25) is 0 Å². The van der Waals surface area contributed by atoms with Crippen LogP contribution in [0.1, 0.15) is 35.3 Å². The summed E-state index contributed by atoms with van der Waals surface area (Å²) in [7, 11) is 0. The van der Waals surface area contributed by atoms with E-state index in [1.807, 2.05) is 0 Å². The van der Waals surface area contributed by atoms with Gasteiger partial charge in [-0.2, -0.15) is 0 Å². The lowest BCUT2D eigenvalue weighted by molar-refractivity contribution is 0.0981. The number of halogens is 2. The number of nitrogens with zero attached hydrogens (tertiary/aromatic N) is 2. The lowest BCUT2D eigenvalue weighted by Gasteiger charge is -2.07. The van der Waals surface area contributed by atoms with E-state index in [2.05, 4.69) is 25.9 Å². The number of hydrogen-bond acceptors (Lipinski definition) is 3. The van der Waals surface area contributed by atoms with Crippen molar-refractivity contribution >= 4 is 21.7 Å². The van der Waals surface area contributed by atoms with Gasteiger partial charge in [0.05, 0.1) is 15.7 Å². The lowest BCUT2D eigenvalue weighted by atomic mass is 10.1. The summed E-state index contributed by atoms with van der Waals surface area (Å²) in [5, 5.41) is 0. The summed E-state index contributed by atoms with van der Waals surface area (Å²) >= 11 is 3.16. The zero-order chi connectivity index (χ0) is 14.1. The molecule has 1 heterocycles. The molecule has 0 spiro atoms. The highest BCUT2D eigenvalue weighted by Crippen LogP contribution is 2.25. The van der Waals surface area contributed by atoms with E-state index in [9.17, 15) is 9.18 Å². The molecule has 1 aromatic carbocycles. The van der Waals surface area contributed by atoms with Crippen molar-refractivity contribution in [1.82, 2.24) is 9.97 Å². The Labute approximate surface area is 124 Å². The number of Topliss-reactive ketones (excluding diaryl/α,β-unsaturated/α-hetero) is 1. The number of fused-ring (bicyclic) bond motifs is 1. The summed E-state index contributed by atoms with van der Waals surface area (Å²) in [5.74, 6) is 0.321. The lowest BCUT2D eigenvalue weighted by Crippen LogP contribution is -2.05. The van der Waals surface area contributed by atoms with Crippen LogP contribution in [0.4, 0.5) is 4.39 Å². The molecular formula is C15H12BrFN2O. The quantitative estimate of drug-likeness (QED) is 0.741. The van der Waals surface area contributed by atoms with Crippen LogP contribution in [0.15, 0.2) is 28.9 Å². The molecule has 1 aliphatic rings. The minimum Gasteiger partial charge on any atom is -0.294 e. The van der Waals surface area contributed by atoms with E-state index in [4.69, 9.17) is 0 Å². The maximum atomic E-state index is 13.3. The van der Waals surface area contributed by atoms with Gasteiger partial charge in [-0.3, -0.25) is 4.79 Å². The smallest absolute Gasteiger partial charge is 0.166 e. The summed E-state index contributed by atoms with van der Waals surface area (Å²) < 4.78 is 13.6. The van der Waals surface area contributed by atoms with Gasteiger partial charge in [-0.05, 0) is 53.4 Å². The molecule has 102 valence electrons. The van der Waals surface area contributed by atoms with Crippen molar-refractivity contribution in [3.8, 4) is 11.4 Å². The van der Waals surface area contributed by atoms with Crippen LogP contribution < -0.4 is 0 Å². The maximum absolute atomic E-state index is 13.3. The molecule has 20 heavy (non-hydrogen) atoms. The number of aryl methyl sites for hydroxylation is 1. The zero-order valence-corrected chi connectivity index (χ0v) is 12.3. The van der Waals surface area contributed by atoms with Crippen molar-refractivity contribution in [2.75, 3.05) is 0 Å². The Bertz CT molecular complexity index is 688. The molecule has 5 heteroatoms. The molecule has 0 amide bonds. The molecule has 0 saturated carbocycles. The van der Waals surface area contributed by atoms with Gasteiger partial charge in [-0.1, -0.05) is 0 Å². The SMILES string of the molecule is O=C1CCCCc2nc(-c3ccc(F)c(Br)c3)ncc21. The van der Waals surface area contributed by atoms with E-state index in [0.717, 1.165) is 30.5 Å². The Kier molecular flexibility index (Phi) is 3.61. The first-order valence-corrected chi connectivity index (χ1v) is 7.29. The standard InChI is InChI=1S/C15H12BrFN2O/c16-11-7-9(5-6-12(11)17)15-18-8-10-13(19-15)3-1-2-4-14(10)20/h5-8H,1-4H2. The minimum absolute atomic E-state index is 0.115. The fourth-order valence-corrected chi connectivity index (χ4v) is 2.71. The molecule has 0 atom stereocenters. The van der Waals surface area contributed by atoms with E-state index in [-0.39, 0.29) is 11.6 Å². The van der Waals surface area contributed by atoms with Gasteiger partial charge in [0, 0.05) is 18.2 Å². The monoisotopic (exact) mass is 334 g/mol. The van der Waals surface area contributed by atoms with Gasteiger partial charge in [-0.25, -0.2) is 14.4 Å². The van der Waals surface area contributed by atoms with Crippen LogP contribution in [0.25, 0.3) is 11.4 Å². The van der Waals surface area contributed by atoms with Crippen LogP contribution in [-0.4, -0.2) is 15.8 Å². The number of carbonyl (C=O) groups excluding carboxylic acids is 1. The number of ketones is 1. The number of hydrogen-bond donors (Lipinski definition) is 0. The molecule has 0 saturated heterocycles. The molecule has 1 aromatic heterocycles. The molecule has 0 unspecified atom stereocenters. The van der Waals surface area contributed by atoms with Crippen LogP contribution in [0.5, 0.6) is 0 Å². The Balaban J connectivity index is 2.05. The van der Waals surface area contributed by atoms with Crippen molar-refractivity contribution in [1.29, 1.82) is 0 Å². The second-order valence-electron chi connectivity index (χ2n) is 4.81. The zero-order valence-electron chi connectivity index (χ0n) is 10.7. The third-order valence-electron chi connectivity index (χ3n) is 3.41. The molecule has 3 rings (SSSR count). The molecule has 1 aliphatic carbocycles. The van der Waals surface area contributed by atoms with Crippen molar-refractivity contribution in [3.05, 3.63) is 45.9 Å². The number of carbonyl (C=O) groups is 1. The number of rotatable bonds is 1. The van der Waals surface area contributed by atoms with E-state index >= 15 is 0 Å². The first-order chi connectivity index (χ1) is 9.65. The van der Waals surface area contributed by atoms with Crippen LogP contribution >= 0.6 is 15.9 Å². The van der Waals surface area contributed by atoms with Gasteiger partial charge >= 0.3 is 0 Å². The second-order valence-corrected chi connectivity index (χ2v) is 5.67. The molecular weight excluding hydrogens is 323 g/mol. The fourth-order valence-electron chi connectivity index (χ4n) is 2.33. The van der Waals surface area contributed by atoms with Gasteiger partial charge in [-0.15, -0.1) is 0 Å². The van der Waals surface area contributed by atoms with E-state index in [1.165, 1.54) is 6.07 Å². The van der Waals surface area contributed by atoms with E-state index in [0.29, 0.717) is 22.3 Å². The Hall–Kier alpha value is -1.62. The first-order valence-electron chi connectivity index (χ1n) is 6.49. The van der Waals surface area contributed by atoms with Gasteiger partial charge in [0.25, 0.3) is 0 Å².